The number of aliphatic hydroxyl groups excluding tert-OH is 2. The number of unbranched alkanes of at least 4 members (excludes halogenated alkanes) is 1. The summed E-state index contributed by atoms with van der Waals surface area (Å²) >= 11 is 0. The number of Topliss-reactive ketones (excluding diaryl/α,β-unsaturated/α-hetero) is 1. The smallest absolute Gasteiger partial charge is 0.303 e. The summed E-state index contributed by atoms with van der Waals surface area (Å²) in [5, 5.41) is 28.5. The number of aliphatic imine (C=N–C) groups is 1. The number of aliphatic carboxylic acids is 1. The maximum atomic E-state index is 12.7. The number of carbonyl (C=O) groups excluding carboxylic acids is 1. The molecular weight excluding hydrogens is 346 g/mol. The molecule has 0 atom stereocenters. The van der Waals surface area contributed by atoms with E-state index < -0.39 is 5.97 Å². The van der Waals surface area contributed by atoms with Gasteiger partial charge >= 0.3 is 5.97 Å². The molecule has 1 aromatic rings. The second-order valence-electron chi connectivity index (χ2n) is 7.75. The van der Waals surface area contributed by atoms with Crippen LogP contribution in [0.4, 0.5) is 5.69 Å². The van der Waals surface area contributed by atoms with Crippen molar-refractivity contribution in [2.75, 3.05) is 0 Å². The quantitative estimate of drug-likeness (QED) is 0.470. The Labute approximate surface area is 159 Å². The first-order valence-corrected chi connectivity index (χ1v) is 9.17. The molecule has 0 saturated carbocycles. The summed E-state index contributed by atoms with van der Waals surface area (Å²) in [6.45, 7) is 3.82. The van der Waals surface area contributed by atoms with Crippen LogP contribution in [0, 0.1) is 5.41 Å². The number of ketones is 1. The third kappa shape index (κ3) is 6.03. The molecule has 1 aliphatic carbocycles. The molecule has 0 aliphatic heterocycles. The molecule has 0 fully saturated rings. The average Bonchev–Trinajstić information content (AvgIpc) is 2.57. The molecule has 0 saturated heterocycles. The van der Waals surface area contributed by atoms with E-state index in [2.05, 4.69) is 4.99 Å². The van der Waals surface area contributed by atoms with Gasteiger partial charge in [0.2, 0.25) is 0 Å². The van der Waals surface area contributed by atoms with E-state index in [-0.39, 0.29) is 35.6 Å². The number of nitrogens with zero attached hydrogens (tertiary/aromatic N) is 1. The third-order valence-electron chi connectivity index (χ3n) is 4.58. The number of aliphatic hydroxyl groups is 2. The molecule has 6 heteroatoms. The Hall–Kier alpha value is -2.47. The van der Waals surface area contributed by atoms with Gasteiger partial charge in [-0.05, 0) is 42.4 Å². The number of hydrogen-bond donors (Lipinski definition) is 3. The summed E-state index contributed by atoms with van der Waals surface area (Å²) in [4.78, 5) is 28.0. The van der Waals surface area contributed by atoms with Gasteiger partial charge in [0.1, 0.15) is 5.76 Å². The van der Waals surface area contributed by atoms with E-state index >= 15 is 0 Å². The van der Waals surface area contributed by atoms with E-state index in [1.807, 2.05) is 13.8 Å². The Morgan fingerprint density at radius 1 is 1.11 bits per heavy atom. The van der Waals surface area contributed by atoms with Crippen molar-refractivity contribution in [2.24, 2.45) is 10.4 Å². The van der Waals surface area contributed by atoms with Gasteiger partial charge < -0.3 is 15.3 Å². The lowest BCUT2D eigenvalue weighted by Gasteiger charge is -2.30. The highest BCUT2D eigenvalue weighted by Gasteiger charge is 2.34. The van der Waals surface area contributed by atoms with Crippen LogP contribution in [0.5, 0.6) is 0 Å². The maximum absolute atomic E-state index is 12.7. The van der Waals surface area contributed by atoms with Gasteiger partial charge in [0.15, 0.2) is 5.78 Å². The van der Waals surface area contributed by atoms with Gasteiger partial charge in [-0.3, -0.25) is 14.6 Å². The van der Waals surface area contributed by atoms with Crippen LogP contribution in [0.1, 0.15) is 57.9 Å². The molecular formula is C21H27NO5. The zero-order valence-corrected chi connectivity index (χ0v) is 15.9. The van der Waals surface area contributed by atoms with Gasteiger partial charge in [0, 0.05) is 19.3 Å². The highest BCUT2D eigenvalue weighted by molar-refractivity contribution is 6.23. The van der Waals surface area contributed by atoms with Gasteiger partial charge in [0.25, 0.3) is 0 Å². The molecule has 0 bridgehead atoms. The van der Waals surface area contributed by atoms with Crippen molar-refractivity contribution in [3.05, 3.63) is 41.2 Å². The number of carboxylic acids is 1. The van der Waals surface area contributed by atoms with Crippen LogP contribution in [0.25, 0.3) is 0 Å². The Morgan fingerprint density at radius 2 is 1.74 bits per heavy atom. The molecule has 1 aliphatic rings. The second-order valence-corrected chi connectivity index (χ2v) is 7.75. The Kier molecular flexibility index (Phi) is 6.91. The number of carbonyl (C=O) groups is 2. The molecule has 2 rings (SSSR count). The largest absolute Gasteiger partial charge is 0.511 e. The molecule has 146 valence electrons. The van der Waals surface area contributed by atoms with Crippen LogP contribution in [-0.2, 0) is 16.2 Å². The normalized spacial score (nSPS) is 17.3. The molecule has 3 N–H and O–H groups in total. The monoisotopic (exact) mass is 373 g/mol. The van der Waals surface area contributed by atoms with Crippen LogP contribution >= 0.6 is 0 Å². The van der Waals surface area contributed by atoms with Crippen LogP contribution in [-0.4, -0.2) is 32.8 Å². The van der Waals surface area contributed by atoms with Crippen molar-refractivity contribution < 1.29 is 24.9 Å². The fraction of sp³-hybridized carbons (Fsp3) is 0.476. The van der Waals surface area contributed by atoms with Crippen molar-refractivity contribution in [1.29, 1.82) is 0 Å². The topological polar surface area (TPSA) is 107 Å². The molecule has 1 aromatic carbocycles. The molecule has 6 nitrogen and oxygen atoms in total. The van der Waals surface area contributed by atoms with Crippen molar-refractivity contribution in [3.8, 4) is 0 Å². The Morgan fingerprint density at radius 3 is 2.30 bits per heavy atom. The average molecular weight is 373 g/mol. The summed E-state index contributed by atoms with van der Waals surface area (Å²) in [7, 11) is 0. The molecule has 0 spiro atoms. The van der Waals surface area contributed by atoms with E-state index in [4.69, 9.17) is 10.2 Å². The predicted molar refractivity (Wildman–Crippen MR) is 103 cm³/mol. The fourth-order valence-electron chi connectivity index (χ4n) is 3.25. The third-order valence-corrected chi connectivity index (χ3v) is 4.58. The van der Waals surface area contributed by atoms with Gasteiger partial charge in [0.05, 0.1) is 23.6 Å². The molecule has 27 heavy (non-hydrogen) atoms. The second kappa shape index (κ2) is 8.95. The van der Waals surface area contributed by atoms with E-state index in [0.29, 0.717) is 43.5 Å². The zero-order chi connectivity index (χ0) is 20.0. The lowest BCUT2D eigenvalue weighted by Crippen LogP contribution is -2.29. The summed E-state index contributed by atoms with van der Waals surface area (Å²) in [6, 6.07) is 7.00. The summed E-state index contributed by atoms with van der Waals surface area (Å²) in [6.07, 6.45) is 2.26. The first-order valence-electron chi connectivity index (χ1n) is 9.17. The Balaban J connectivity index is 2.32. The van der Waals surface area contributed by atoms with Crippen LogP contribution in [0.3, 0.4) is 0 Å². The fourth-order valence-corrected chi connectivity index (χ4v) is 3.25. The van der Waals surface area contributed by atoms with Gasteiger partial charge in [-0.1, -0.05) is 26.0 Å². The number of rotatable bonds is 8. The minimum atomic E-state index is -0.856. The number of hydrogen-bond acceptors (Lipinski definition) is 5. The van der Waals surface area contributed by atoms with Crippen molar-refractivity contribution >= 4 is 23.2 Å². The van der Waals surface area contributed by atoms with Crippen molar-refractivity contribution in [1.82, 2.24) is 0 Å². The number of benzene rings is 1. The zero-order valence-electron chi connectivity index (χ0n) is 15.9. The van der Waals surface area contributed by atoms with E-state index in [9.17, 15) is 14.7 Å². The van der Waals surface area contributed by atoms with Crippen molar-refractivity contribution in [2.45, 2.75) is 59.0 Å². The highest BCUT2D eigenvalue weighted by atomic mass is 16.4. The standard InChI is InChI=1S/C21H27NO5/c1-21(2)11-17(24)20(18(25)12-21)16(5-3-4-6-19(26)27)22-15-9-7-14(13-23)8-10-15/h7-10,23-24H,3-6,11-13H2,1-2H3,(H,26,27). The van der Waals surface area contributed by atoms with E-state index in [0.717, 1.165) is 5.56 Å². The number of carboxylic acid groups (broad SMARTS) is 1. The first kappa shape index (κ1) is 20.8. The summed E-state index contributed by atoms with van der Waals surface area (Å²) < 4.78 is 0. The lowest BCUT2D eigenvalue weighted by molar-refractivity contribution is -0.137. The molecule has 0 heterocycles. The van der Waals surface area contributed by atoms with E-state index in [1.54, 1.807) is 24.3 Å². The van der Waals surface area contributed by atoms with Crippen LogP contribution in [0.2, 0.25) is 0 Å². The summed E-state index contributed by atoms with van der Waals surface area (Å²) in [5.41, 5.74) is 1.86. The first-order chi connectivity index (χ1) is 12.7. The van der Waals surface area contributed by atoms with Crippen LogP contribution in [0.15, 0.2) is 40.6 Å². The Bertz CT molecular complexity index is 759. The number of allylic oxidation sites excluding steroid dienone is 2. The minimum Gasteiger partial charge on any atom is -0.511 e. The summed E-state index contributed by atoms with van der Waals surface area (Å²) in [5.74, 6) is -0.932. The minimum absolute atomic E-state index is 0.0558. The predicted octanol–water partition coefficient (Wildman–Crippen LogP) is 4.10. The highest BCUT2D eigenvalue weighted by Crippen LogP contribution is 2.37. The van der Waals surface area contributed by atoms with Gasteiger partial charge in [-0.25, -0.2) is 0 Å². The van der Waals surface area contributed by atoms with Crippen LogP contribution < -0.4 is 0 Å². The van der Waals surface area contributed by atoms with Gasteiger partial charge in [-0.15, -0.1) is 0 Å². The molecule has 0 amide bonds. The van der Waals surface area contributed by atoms with E-state index in [1.165, 1.54) is 0 Å². The van der Waals surface area contributed by atoms with Crippen molar-refractivity contribution in [3.63, 3.8) is 0 Å². The molecule has 0 unspecified atom stereocenters. The maximum Gasteiger partial charge on any atom is 0.303 e. The SMILES string of the molecule is CC1(C)CC(=O)C(C(CCCCC(=O)O)=Nc2ccc(CO)cc2)=C(O)C1. The molecule has 0 aromatic heterocycles. The lowest BCUT2D eigenvalue weighted by atomic mass is 9.75. The van der Waals surface area contributed by atoms with Gasteiger partial charge in [-0.2, -0.15) is 0 Å². The molecule has 0 radical (unpaired) electrons.